The molecule has 0 amide bonds. The number of carbonyl (C=O) groups is 1. The number of methoxy groups -OCH3 is 1. The van der Waals surface area contributed by atoms with E-state index in [0.29, 0.717) is 12.0 Å². The van der Waals surface area contributed by atoms with Gasteiger partial charge in [-0.15, -0.1) is 0 Å². The molecule has 0 radical (unpaired) electrons. The molecule has 0 fully saturated rings. The summed E-state index contributed by atoms with van der Waals surface area (Å²) < 4.78 is 4.66. The fourth-order valence-electron chi connectivity index (χ4n) is 1.61. The van der Waals surface area contributed by atoms with Crippen molar-refractivity contribution >= 4 is 5.97 Å². The van der Waals surface area contributed by atoms with E-state index in [2.05, 4.69) is 10.8 Å². The molecule has 1 atom stereocenters. The van der Waals surface area contributed by atoms with Crippen molar-refractivity contribution in [2.75, 3.05) is 7.11 Å². The molecule has 0 bridgehead atoms. The van der Waals surface area contributed by atoms with Crippen LogP contribution in [-0.4, -0.2) is 13.1 Å². The van der Waals surface area contributed by atoms with E-state index >= 15 is 0 Å². The molecule has 0 aromatic heterocycles. The third kappa shape index (κ3) is 3.09. The van der Waals surface area contributed by atoms with Gasteiger partial charge in [-0.1, -0.05) is 19.1 Å². The minimum atomic E-state index is -0.198. The first-order valence-electron chi connectivity index (χ1n) is 5.28. The Kier molecular flexibility index (Phi) is 4.53. The van der Waals surface area contributed by atoms with Crippen LogP contribution in [0.3, 0.4) is 0 Å². The van der Waals surface area contributed by atoms with E-state index in [1.54, 1.807) is 12.1 Å². The number of benzene rings is 1. The lowest BCUT2D eigenvalue weighted by atomic mass is 9.93. The van der Waals surface area contributed by atoms with Crippen LogP contribution in [0.2, 0.25) is 0 Å². The molecule has 16 heavy (non-hydrogen) atoms. The lowest BCUT2D eigenvalue weighted by Crippen LogP contribution is -2.08. The van der Waals surface area contributed by atoms with Gasteiger partial charge in [-0.05, 0) is 30.0 Å². The van der Waals surface area contributed by atoms with Crippen LogP contribution in [0.5, 0.6) is 0 Å². The van der Waals surface area contributed by atoms with E-state index in [1.165, 1.54) is 7.11 Å². The fraction of sp³-hybridized carbons (Fsp3) is 0.385. The Bertz CT molecular complexity index is 389. The highest BCUT2D eigenvalue weighted by Gasteiger charge is 2.14. The molecule has 0 heterocycles. The standard InChI is InChI=1S/C13H15NO2/c1-3-11(8-13(15)16-2)12-6-4-10(9-14)5-7-12/h4-7,11H,3,8H2,1-2H3/t11-/m0/s1. The van der Waals surface area contributed by atoms with Gasteiger partial charge in [0.1, 0.15) is 0 Å². The number of nitrogens with zero attached hydrogens (tertiary/aromatic N) is 1. The van der Waals surface area contributed by atoms with Crippen molar-refractivity contribution in [3.8, 4) is 6.07 Å². The van der Waals surface area contributed by atoms with Crippen molar-refractivity contribution in [1.29, 1.82) is 5.26 Å². The van der Waals surface area contributed by atoms with Gasteiger partial charge < -0.3 is 4.74 Å². The quantitative estimate of drug-likeness (QED) is 0.728. The van der Waals surface area contributed by atoms with Gasteiger partial charge in [-0.3, -0.25) is 4.79 Å². The summed E-state index contributed by atoms with van der Waals surface area (Å²) in [7, 11) is 1.40. The number of ether oxygens (including phenoxy) is 1. The third-order valence-corrected chi connectivity index (χ3v) is 2.64. The predicted molar refractivity (Wildman–Crippen MR) is 60.8 cm³/mol. The zero-order valence-corrected chi connectivity index (χ0v) is 9.56. The van der Waals surface area contributed by atoms with Crippen LogP contribution in [0.1, 0.15) is 36.8 Å². The van der Waals surface area contributed by atoms with Gasteiger partial charge in [0, 0.05) is 0 Å². The molecule has 0 N–H and O–H groups in total. The molecule has 0 aliphatic rings. The molecule has 0 saturated carbocycles. The zero-order chi connectivity index (χ0) is 12.0. The maximum atomic E-state index is 11.2. The summed E-state index contributed by atoms with van der Waals surface area (Å²) in [6.45, 7) is 2.03. The normalized spacial score (nSPS) is 11.6. The Balaban J connectivity index is 2.79. The second-order valence-electron chi connectivity index (χ2n) is 3.62. The van der Waals surface area contributed by atoms with E-state index in [4.69, 9.17) is 5.26 Å². The van der Waals surface area contributed by atoms with Crippen molar-refractivity contribution in [3.05, 3.63) is 35.4 Å². The first-order chi connectivity index (χ1) is 7.71. The lowest BCUT2D eigenvalue weighted by Gasteiger charge is -2.13. The van der Waals surface area contributed by atoms with Crippen molar-refractivity contribution in [1.82, 2.24) is 0 Å². The van der Waals surface area contributed by atoms with Gasteiger partial charge in [0.25, 0.3) is 0 Å². The highest BCUT2D eigenvalue weighted by atomic mass is 16.5. The average Bonchev–Trinajstić information content (AvgIpc) is 2.35. The topological polar surface area (TPSA) is 50.1 Å². The summed E-state index contributed by atoms with van der Waals surface area (Å²) in [6, 6.07) is 9.41. The van der Waals surface area contributed by atoms with Crippen molar-refractivity contribution in [2.45, 2.75) is 25.7 Å². The molecule has 0 aliphatic heterocycles. The molecular formula is C13H15NO2. The van der Waals surface area contributed by atoms with Gasteiger partial charge in [-0.25, -0.2) is 0 Å². The number of nitriles is 1. The average molecular weight is 217 g/mol. The minimum absolute atomic E-state index is 0.167. The number of hydrogen-bond acceptors (Lipinski definition) is 3. The predicted octanol–water partition coefficient (Wildman–Crippen LogP) is 2.61. The van der Waals surface area contributed by atoms with Crippen LogP contribution in [0.4, 0.5) is 0 Å². The van der Waals surface area contributed by atoms with Crippen molar-refractivity contribution in [2.24, 2.45) is 0 Å². The Morgan fingerprint density at radius 3 is 2.50 bits per heavy atom. The van der Waals surface area contributed by atoms with Crippen LogP contribution < -0.4 is 0 Å². The molecule has 0 aliphatic carbocycles. The summed E-state index contributed by atoms with van der Waals surface area (Å²) in [5, 5.41) is 8.68. The number of hydrogen-bond donors (Lipinski definition) is 0. The van der Waals surface area contributed by atoms with E-state index in [-0.39, 0.29) is 11.9 Å². The third-order valence-electron chi connectivity index (χ3n) is 2.64. The summed E-state index contributed by atoms with van der Waals surface area (Å²) in [5.41, 5.74) is 1.71. The summed E-state index contributed by atoms with van der Waals surface area (Å²) >= 11 is 0. The number of esters is 1. The van der Waals surface area contributed by atoms with Gasteiger partial charge >= 0.3 is 5.97 Å². The molecular weight excluding hydrogens is 202 g/mol. The zero-order valence-electron chi connectivity index (χ0n) is 9.56. The van der Waals surface area contributed by atoms with Gasteiger partial charge in [0.2, 0.25) is 0 Å². The lowest BCUT2D eigenvalue weighted by molar-refractivity contribution is -0.141. The van der Waals surface area contributed by atoms with Crippen LogP contribution in [-0.2, 0) is 9.53 Å². The molecule has 0 spiro atoms. The van der Waals surface area contributed by atoms with E-state index < -0.39 is 0 Å². The second-order valence-corrected chi connectivity index (χ2v) is 3.62. The fourth-order valence-corrected chi connectivity index (χ4v) is 1.61. The molecule has 0 unspecified atom stereocenters. The Morgan fingerprint density at radius 1 is 1.44 bits per heavy atom. The molecule has 1 aromatic carbocycles. The molecule has 3 heteroatoms. The number of rotatable bonds is 4. The Hall–Kier alpha value is -1.82. The summed E-state index contributed by atoms with van der Waals surface area (Å²) in [6.07, 6.45) is 1.26. The monoisotopic (exact) mass is 217 g/mol. The summed E-state index contributed by atoms with van der Waals surface area (Å²) in [4.78, 5) is 11.2. The molecule has 1 aromatic rings. The molecule has 3 nitrogen and oxygen atoms in total. The van der Waals surface area contributed by atoms with E-state index in [9.17, 15) is 4.79 Å². The van der Waals surface area contributed by atoms with E-state index in [1.807, 2.05) is 19.1 Å². The SMILES string of the molecule is CC[C@@H](CC(=O)OC)c1ccc(C#N)cc1. The van der Waals surface area contributed by atoms with Crippen LogP contribution >= 0.6 is 0 Å². The van der Waals surface area contributed by atoms with Crippen LogP contribution in [0.25, 0.3) is 0 Å². The second kappa shape index (κ2) is 5.92. The molecule has 84 valence electrons. The Labute approximate surface area is 95.7 Å². The highest BCUT2D eigenvalue weighted by Crippen LogP contribution is 2.23. The maximum Gasteiger partial charge on any atom is 0.306 e. The molecule has 1 rings (SSSR count). The van der Waals surface area contributed by atoms with Crippen molar-refractivity contribution < 1.29 is 9.53 Å². The first-order valence-corrected chi connectivity index (χ1v) is 5.28. The van der Waals surface area contributed by atoms with Gasteiger partial charge in [0.15, 0.2) is 0 Å². The van der Waals surface area contributed by atoms with Crippen LogP contribution in [0.15, 0.2) is 24.3 Å². The van der Waals surface area contributed by atoms with Crippen LogP contribution in [0, 0.1) is 11.3 Å². The van der Waals surface area contributed by atoms with E-state index in [0.717, 1.165) is 12.0 Å². The molecule has 0 saturated heterocycles. The minimum Gasteiger partial charge on any atom is -0.469 e. The first kappa shape index (κ1) is 12.3. The van der Waals surface area contributed by atoms with Crippen molar-refractivity contribution in [3.63, 3.8) is 0 Å². The smallest absolute Gasteiger partial charge is 0.306 e. The summed E-state index contributed by atoms with van der Waals surface area (Å²) in [5.74, 6) is -0.0311. The highest BCUT2D eigenvalue weighted by molar-refractivity contribution is 5.70. The van der Waals surface area contributed by atoms with Gasteiger partial charge in [0.05, 0.1) is 25.2 Å². The van der Waals surface area contributed by atoms with Gasteiger partial charge in [-0.2, -0.15) is 5.26 Å². The maximum absolute atomic E-state index is 11.2. The largest absolute Gasteiger partial charge is 0.469 e. The number of carbonyl (C=O) groups excluding carboxylic acids is 1. The Morgan fingerprint density at radius 2 is 2.06 bits per heavy atom.